The second kappa shape index (κ2) is 6.40. The maximum atomic E-state index is 12.7. The molecule has 3 rings (SSSR count). The summed E-state index contributed by atoms with van der Waals surface area (Å²) in [5.74, 6) is 0.275. The first-order valence-corrected chi connectivity index (χ1v) is 9.76. The van der Waals surface area contributed by atoms with E-state index in [1.807, 2.05) is 30.3 Å². The Bertz CT molecular complexity index is 891. The number of nitrogens with one attached hydrogen (secondary N) is 2. The molecule has 132 valence electrons. The molecular weight excluding hydrogens is 340 g/mol. The molecule has 1 aliphatic carbocycles. The van der Waals surface area contributed by atoms with Crippen LogP contribution in [0.15, 0.2) is 48.5 Å². The smallest absolute Gasteiger partial charge is 0.235 e. The highest BCUT2D eigenvalue weighted by Gasteiger charge is 2.51. The van der Waals surface area contributed by atoms with Crippen molar-refractivity contribution >= 4 is 27.3 Å². The molecule has 25 heavy (non-hydrogen) atoms. The topological polar surface area (TPSA) is 84.5 Å². The second-order valence-electron chi connectivity index (χ2n) is 6.19. The Morgan fingerprint density at radius 1 is 1.12 bits per heavy atom. The van der Waals surface area contributed by atoms with E-state index in [1.54, 1.807) is 18.2 Å². The number of hydrogen-bond acceptors (Lipinski definition) is 4. The lowest BCUT2D eigenvalue weighted by Gasteiger charge is -2.17. The molecule has 7 heteroatoms. The monoisotopic (exact) mass is 360 g/mol. The highest BCUT2D eigenvalue weighted by Crippen LogP contribution is 2.49. The molecule has 0 atom stereocenters. The van der Waals surface area contributed by atoms with Crippen LogP contribution >= 0.6 is 0 Å². The third-order valence-corrected chi connectivity index (χ3v) is 4.86. The molecule has 0 radical (unpaired) electrons. The number of carbonyl (C=O) groups excluding carboxylic acids is 1. The average Bonchev–Trinajstić information content (AvgIpc) is 3.37. The zero-order chi connectivity index (χ0) is 18.1. The predicted molar refractivity (Wildman–Crippen MR) is 97.4 cm³/mol. The van der Waals surface area contributed by atoms with Gasteiger partial charge in [0, 0.05) is 11.8 Å². The maximum absolute atomic E-state index is 12.7. The van der Waals surface area contributed by atoms with E-state index in [0.717, 1.165) is 24.7 Å². The minimum absolute atomic E-state index is 0.0652. The van der Waals surface area contributed by atoms with Crippen LogP contribution in [0.5, 0.6) is 5.75 Å². The van der Waals surface area contributed by atoms with E-state index in [9.17, 15) is 13.2 Å². The van der Waals surface area contributed by atoms with Crippen LogP contribution in [-0.2, 0) is 20.2 Å². The first-order valence-electron chi connectivity index (χ1n) is 7.87. The largest absolute Gasteiger partial charge is 0.494 e. The zero-order valence-corrected chi connectivity index (χ0v) is 14.9. The van der Waals surface area contributed by atoms with Gasteiger partial charge < -0.3 is 10.1 Å². The van der Waals surface area contributed by atoms with Gasteiger partial charge in [0.25, 0.3) is 0 Å². The summed E-state index contributed by atoms with van der Waals surface area (Å²) >= 11 is 0. The Kier molecular flexibility index (Phi) is 4.43. The van der Waals surface area contributed by atoms with E-state index in [-0.39, 0.29) is 5.91 Å². The minimum Gasteiger partial charge on any atom is -0.494 e. The number of methoxy groups -OCH3 is 1. The Morgan fingerprint density at radius 3 is 2.36 bits per heavy atom. The van der Waals surface area contributed by atoms with Crippen LogP contribution in [0, 0.1) is 0 Å². The van der Waals surface area contributed by atoms with Crippen molar-refractivity contribution in [1.82, 2.24) is 0 Å². The summed E-state index contributed by atoms with van der Waals surface area (Å²) in [5.41, 5.74) is 1.42. The van der Waals surface area contributed by atoms with Crippen LogP contribution in [0.25, 0.3) is 0 Å². The van der Waals surface area contributed by atoms with Crippen molar-refractivity contribution in [2.24, 2.45) is 0 Å². The fraction of sp³-hybridized carbons (Fsp3) is 0.278. The van der Waals surface area contributed by atoms with E-state index in [4.69, 9.17) is 4.74 Å². The molecule has 0 unspecified atom stereocenters. The molecular formula is C18H20N2O4S. The number of amides is 1. The first kappa shape index (κ1) is 17.3. The zero-order valence-electron chi connectivity index (χ0n) is 14.1. The SMILES string of the molecule is COc1cc(NC(=O)C2(c3ccccc3)CC2)ccc1NS(C)(=O)=O. The van der Waals surface area contributed by atoms with Crippen LogP contribution in [-0.4, -0.2) is 27.7 Å². The van der Waals surface area contributed by atoms with Crippen molar-refractivity contribution in [3.63, 3.8) is 0 Å². The maximum Gasteiger partial charge on any atom is 0.235 e. The first-order chi connectivity index (χ1) is 11.8. The molecule has 1 fully saturated rings. The standard InChI is InChI=1S/C18H20N2O4S/c1-24-16-12-14(8-9-15(16)20-25(2,22)23)19-17(21)18(10-11-18)13-6-4-3-5-7-13/h3-9,12,20H,10-11H2,1-2H3,(H,19,21). The van der Waals surface area contributed by atoms with E-state index < -0.39 is 15.4 Å². The highest BCUT2D eigenvalue weighted by molar-refractivity contribution is 7.92. The van der Waals surface area contributed by atoms with Gasteiger partial charge in [-0.1, -0.05) is 30.3 Å². The van der Waals surface area contributed by atoms with Crippen molar-refractivity contribution in [2.75, 3.05) is 23.4 Å². The van der Waals surface area contributed by atoms with Crippen LogP contribution in [0.3, 0.4) is 0 Å². The summed E-state index contributed by atoms with van der Waals surface area (Å²) in [4.78, 5) is 12.7. The third kappa shape index (κ3) is 3.76. The molecule has 0 saturated heterocycles. The number of rotatable bonds is 6. The number of carbonyl (C=O) groups is 1. The van der Waals surface area contributed by atoms with E-state index in [1.165, 1.54) is 7.11 Å². The molecule has 0 aromatic heterocycles. The van der Waals surface area contributed by atoms with Gasteiger partial charge in [0.1, 0.15) is 5.75 Å². The molecule has 2 aromatic carbocycles. The molecule has 0 aliphatic heterocycles. The molecule has 0 bridgehead atoms. The van der Waals surface area contributed by atoms with Gasteiger partial charge in [0.2, 0.25) is 15.9 Å². The average molecular weight is 360 g/mol. The highest BCUT2D eigenvalue weighted by atomic mass is 32.2. The molecule has 1 aliphatic rings. The molecule has 2 aromatic rings. The van der Waals surface area contributed by atoms with Gasteiger partial charge in [-0.15, -0.1) is 0 Å². The van der Waals surface area contributed by atoms with Crippen molar-refractivity contribution in [1.29, 1.82) is 0 Å². The summed E-state index contributed by atoms with van der Waals surface area (Å²) < 4.78 is 30.4. The fourth-order valence-electron chi connectivity index (χ4n) is 2.83. The van der Waals surface area contributed by atoms with Crippen LogP contribution in [0.2, 0.25) is 0 Å². The number of sulfonamides is 1. The molecule has 0 spiro atoms. The van der Waals surface area contributed by atoms with Gasteiger partial charge in [0.05, 0.1) is 24.5 Å². The van der Waals surface area contributed by atoms with E-state index >= 15 is 0 Å². The van der Waals surface area contributed by atoms with Crippen LogP contribution < -0.4 is 14.8 Å². The van der Waals surface area contributed by atoms with Gasteiger partial charge in [-0.05, 0) is 30.5 Å². The van der Waals surface area contributed by atoms with Gasteiger partial charge in [-0.25, -0.2) is 8.42 Å². The van der Waals surface area contributed by atoms with Crippen molar-refractivity contribution in [3.05, 3.63) is 54.1 Å². The number of anilines is 2. The lowest BCUT2D eigenvalue weighted by atomic mass is 9.95. The Morgan fingerprint density at radius 2 is 1.80 bits per heavy atom. The summed E-state index contributed by atoms with van der Waals surface area (Å²) in [6.07, 6.45) is 2.69. The minimum atomic E-state index is -3.41. The fourth-order valence-corrected chi connectivity index (χ4v) is 3.40. The van der Waals surface area contributed by atoms with Gasteiger partial charge in [-0.3, -0.25) is 9.52 Å². The van der Waals surface area contributed by atoms with Gasteiger partial charge in [-0.2, -0.15) is 0 Å². The van der Waals surface area contributed by atoms with E-state index in [0.29, 0.717) is 17.1 Å². The summed E-state index contributed by atoms with van der Waals surface area (Å²) in [5, 5.41) is 2.91. The number of ether oxygens (including phenoxy) is 1. The number of benzene rings is 2. The molecule has 6 nitrogen and oxygen atoms in total. The predicted octanol–water partition coefficient (Wildman–Crippen LogP) is 2.74. The Labute approximate surface area is 147 Å². The van der Waals surface area contributed by atoms with Crippen molar-refractivity contribution in [2.45, 2.75) is 18.3 Å². The quantitative estimate of drug-likeness (QED) is 0.830. The Hall–Kier alpha value is -2.54. The van der Waals surface area contributed by atoms with E-state index in [2.05, 4.69) is 10.0 Å². The van der Waals surface area contributed by atoms with Crippen LogP contribution in [0.1, 0.15) is 18.4 Å². The molecule has 1 amide bonds. The molecule has 1 saturated carbocycles. The van der Waals surface area contributed by atoms with Gasteiger partial charge in [0.15, 0.2) is 0 Å². The van der Waals surface area contributed by atoms with Crippen molar-refractivity contribution in [3.8, 4) is 5.75 Å². The van der Waals surface area contributed by atoms with Crippen LogP contribution in [0.4, 0.5) is 11.4 Å². The lowest BCUT2D eigenvalue weighted by molar-refractivity contribution is -0.118. The second-order valence-corrected chi connectivity index (χ2v) is 7.94. The molecule has 0 heterocycles. The summed E-state index contributed by atoms with van der Waals surface area (Å²) in [6, 6.07) is 14.5. The summed E-state index contributed by atoms with van der Waals surface area (Å²) in [6.45, 7) is 0. The summed E-state index contributed by atoms with van der Waals surface area (Å²) in [7, 11) is -1.97. The molecule has 2 N–H and O–H groups in total. The lowest BCUT2D eigenvalue weighted by Crippen LogP contribution is -2.27. The third-order valence-electron chi connectivity index (χ3n) is 4.27. The van der Waals surface area contributed by atoms with Crippen molar-refractivity contribution < 1.29 is 17.9 Å². The normalized spacial score (nSPS) is 15.3. The van der Waals surface area contributed by atoms with Gasteiger partial charge >= 0.3 is 0 Å². The Balaban J connectivity index is 1.80. The number of hydrogen-bond donors (Lipinski definition) is 2.